The molecule has 0 amide bonds. The molecule has 9 heteroatoms. The molecular weight excluding hydrogens is 503 g/mol. The van der Waals surface area contributed by atoms with E-state index in [2.05, 4.69) is 9.97 Å². The summed E-state index contributed by atoms with van der Waals surface area (Å²) in [5.74, 6) is 2.45. The van der Waals surface area contributed by atoms with Crippen LogP contribution in [0, 0.1) is 0 Å². The summed E-state index contributed by atoms with van der Waals surface area (Å²) < 4.78 is 23.1. The summed E-state index contributed by atoms with van der Waals surface area (Å²) in [6.45, 7) is 1.28. The van der Waals surface area contributed by atoms with Gasteiger partial charge in [0.2, 0.25) is 11.8 Å². The van der Waals surface area contributed by atoms with Crippen molar-refractivity contribution in [3.8, 4) is 23.3 Å². The molecule has 36 heavy (non-hydrogen) atoms. The van der Waals surface area contributed by atoms with Crippen molar-refractivity contribution in [2.75, 3.05) is 33.5 Å². The number of hydrogen-bond acceptors (Lipinski definition) is 7. The third kappa shape index (κ3) is 4.96. The summed E-state index contributed by atoms with van der Waals surface area (Å²) in [7, 11) is 1.62. The first-order chi connectivity index (χ1) is 17.6. The van der Waals surface area contributed by atoms with Crippen molar-refractivity contribution >= 4 is 44.7 Å². The van der Waals surface area contributed by atoms with E-state index in [1.54, 1.807) is 7.11 Å². The van der Waals surface area contributed by atoms with Gasteiger partial charge >= 0.3 is 0 Å². The Labute approximate surface area is 218 Å². The van der Waals surface area contributed by atoms with Gasteiger partial charge in [-0.3, -0.25) is 0 Å². The summed E-state index contributed by atoms with van der Waals surface area (Å²) in [5, 5.41) is 13.7. The highest BCUT2D eigenvalue weighted by Crippen LogP contribution is 2.37. The zero-order valence-electron chi connectivity index (χ0n) is 19.9. The number of methoxy groups -OCH3 is 1. The summed E-state index contributed by atoms with van der Waals surface area (Å²) in [6, 6.07) is 11.4. The Hall–Kier alpha value is -3.00. The van der Waals surface area contributed by atoms with Crippen LogP contribution >= 0.6 is 23.2 Å². The van der Waals surface area contributed by atoms with Crippen LogP contribution < -0.4 is 18.9 Å². The van der Waals surface area contributed by atoms with Gasteiger partial charge in [-0.05, 0) is 72.9 Å². The second kappa shape index (κ2) is 10.9. The minimum atomic E-state index is 0.0624. The summed E-state index contributed by atoms with van der Waals surface area (Å²) in [6.07, 6.45) is 2.99. The molecule has 0 fully saturated rings. The van der Waals surface area contributed by atoms with Gasteiger partial charge in [-0.15, -0.1) is 0 Å². The van der Waals surface area contributed by atoms with Gasteiger partial charge < -0.3 is 24.1 Å². The predicted octanol–water partition coefficient (Wildman–Crippen LogP) is 5.81. The minimum absolute atomic E-state index is 0.0624. The number of fused-ring (bicyclic) bond motifs is 4. The number of rotatable bonds is 9. The van der Waals surface area contributed by atoms with E-state index in [1.165, 1.54) is 0 Å². The first kappa shape index (κ1) is 24.7. The number of nitrogens with zero attached hydrogens (tertiary/aromatic N) is 2. The molecule has 0 unspecified atom stereocenters. The highest BCUT2D eigenvalue weighted by Gasteiger charge is 2.19. The lowest BCUT2D eigenvalue weighted by molar-refractivity contribution is 0.210. The van der Waals surface area contributed by atoms with E-state index in [0.29, 0.717) is 59.6 Å². The molecule has 0 saturated carbocycles. The van der Waals surface area contributed by atoms with E-state index >= 15 is 0 Å². The Bertz CT molecular complexity index is 1410. The van der Waals surface area contributed by atoms with Gasteiger partial charge in [0.15, 0.2) is 0 Å². The average molecular weight is 529 g/mol. The van der Waals surface area contributed by atoms with Gasteiger partial charge in [0.05, 0.1) is 13.7 Å². The number of aliphatic hydroxyl groups is 1. The number of hydrogen-bond donors (Lipinski definition) is 1. The van der Waals surface area contributed by atoms with E-state index in [1.807, 2.05) is 36.4 Å². The Balaban J connectivity index is 1.34. The lowest BCUT2D eigenvalue weighted by Gasteiger charge is -2.19. The normalized spacial score (nSPS) is 12.9. The molecule has 0 atom stereocenters. The van der Waals surface area contributed by atoms with Crippen LogP contribution in [0.15, 0.2) is 36.4 Å². The first-order valence-electron chi connectivity index (χ1n) is 11.9. The minimum Gasteiger partial charge on any atom is -0.497 e. The van der Waals surface area contributed by atoms with Crippen molar-refractivity contribution in [3.05, 3.63) is 57.8 Å². The molecule has 1 aliphatic rings. The van der Waals surface area contributed by atoms with Crippen LogP contribution in [0.1, 0.15) is 24.0 Å². The second-order valence-electron chi connectivity index (χ2n) is 8.47. The Morgan fingerprint density at radius 1 is 0.917 bits per heavy atom. The number of aliphatic hydroxyl groups excluding tert-OH is 1. The number of ether oxygens (including phenoxy) is 4. The second-order valence-corrected chi connectivity index (χ2v) is 9.18. The standard InChI is InChI=1S/C27H26Cl2N2O5/c1-33-16-6-8-18-22(14-16)20(4-2-10-32)27(31-24(18)28)36-13-12-34-17-7-9-19-23(15-17)21-5-3-11-35-26(21)30-25(19)29/h6-9,14-15,32H,2-5,10-13H2,1H3. The Morgan fingerprint density at radius 2 is 1.64 bits per heavy atom. The largest absolute Gasteiger partial charge is 0.497 e. The molecule has 1 aliphatic heterocycles. The molecule has 4 aromatic rings. The lowest BCUT2D eigenvalue weighted by atomic mass is 10.0. The van der Waals surface area contributed by atoms with Crippen LogP contribution in [0.25, 0.3) is 21.5 Å². The number of aromatic nitrogens is 2. The molecule has 7 nitrogen and oxygen atoms in total. The molecule has 0 aliphatic carbocycles. The summed E-state index contributed by atoms with van der Waals surface area (Å²) in [5.41, 5.74) is 1.93. The van der Waals surface area contributed by atoms with Crippen molar-refractivity contribution in [1.82, 2.24) is 9.97 Å². The van der Waals surface area contributed by atoms with Crippen LogP contribution in [-0.2, 0) is 12.8 Å². The van der Waals surface area contributed by atoms with Gasteiger partial charge in [-0.1, -0.05) is 23.2 Å². The topological polar surface area (TPSA) is 82.9 Å². The smallest absolute Gasteiger partial charge is 0.218 e. The maximum Gasteiger partial charge on any atom is 0.218 e. The summed E-state index contributed by atoms with van der Waals surface area (Å²) >= 11 is 12.8. The molecule has 2 aromatic heterocycles. The van der Waals surface area contributed by atoms with E-state index in [9.17, 15) is 5.11 Å². The van der Waals surface area contributed by atoms with Gasteiger partial charge in [-0.2, -0.15) is 0 Å². The van der Waals surface area contributed by atoms with Crippen LogP contribution in [0.2, 0.25) is 10.3 Å². The Morgan fingerprint density at radius 3 is 2.44 bits per heavy atom. The fourth-order valence-corrected chi connectivity index (χ4v) is 4.96. The maximum atomic E-state index is 9.40. The molecule has 0 spiro atoms. The Kier molecular flexibility index (Phi) is 7.51. The lowest BCUT2D eigenvalue weighted by Crippen LogP contribution is -2.12. The zero-order valence-corrected chi connectivity index (χ0v) is 21.4. The molecule has 2 aromatic carbocycles. The van der Waals surface area contributed by atoms with Gasteiger partial charge in [-0.25, -0.2) is 9.97 Å². The van der Waals surface area contributed by atoms with Crippen molar-refractivity contribution in [3.63, 3.8) is 0 Å². The maximum absolute atomic E-state index is 9.40. The zero-order chi connectivity index (χ0) is 25.1. The van der Waals surface area contributed by atoms with Crippen LogP contribution in [-0.4, -0.2) is 48.6 Å². The van der Waals surface area contributed by atoms with E-state index < -0.39 is 0 Å². The molecule has 5 rings (SSSR count). The van der Waals surface area contributed by atoms with Crippen molar-refractivity contribution < 1.29 is 24.1 Å². The van der Waals surface area contributed by atoms with Crippen LogP contribution in [0.3, 0.4) is 0 Å². The van der Waals surface area contributed by atoms with E-state index in [4.69, 9.17) is 42.1 Å². The SMILES string of the molecule is COc1ccc2c(Cl)nc(OCCOc3ccc4c(Cl)nc5c(c4c3)CCCO5)c(CCCO)c2c1. The van der Waals surface area contributed by atoms with E-state index in [-0.39, 0.29) is 13.2 Å². The fraction of sp³-hybridized carbons (Fsp3) is 0.333. The van der Waals surface area contributed by atoms with Crippen LogP contribution in [0.4, 0.5) is 0 Å². The fourth-order valence-electron chi connectivity index (χ4n) is 4.48. The van der Waals surface area contributed by atoms with Crippen molar-refractivity contribution in [2.45, 2.75) is 25.7 Å². The monoisotopic (exact) mass is 528 g/mol. The third-order valence-corrected chi connectivity index (χ3v) is 6.79. The number of pyridine rings is 2. The molecular formula is C27H26Cl2N2O5. The summed E-state index contributed by atoms with van der Waals surface area (Å²) in [4.78, 5) is 8.87. The third-order valence-electron chi connectivity index (χ3n) is 6.21. The number of benzene rings is 2. The van der Waals surface area contributed by atoms with Crippen molar-refractivity contribution in [2.24, 2.45) is 0 Å². The molecule has 188 valence electrons. The molecule has 3 heterocycles. The molecule has 1 N–H and O–H groups in total. The quantitative estimate of drug-likeness (QED) is 0.217. The number of halogens is 2. The molecule has 0 bridgehead atoms. The molecule has 0 radical (unpaired) electrons. The average Bonchev–Trinajstić information content (AvgIpc) is 2.90. The number of aryl methyl sites for hydroxylation is 2. The van der Waals surface area contributed by atoms with Crippen molar-refractivity contribution in [1.29, 1.82) is 0 Å². The predicted molar refractivity (Wildman–Crippen MR) is 140 cm³/mol. The van der Waals surface area contributed by atoms with Gasteiger partial charge in [0.1, 0.15) is 35.0 Å². The van der Waals surface area contributed by atoms with E-state index in [0.717, 1.165) is 45.5 Å². The highest BCUT2D eigenvalue weighted by molar-refractivity contribution is 6.35. The molecule has 0 saturated heterocycles. The first-order valence-corrected chi connectivity index (χ1v) is 12.6. The van der Waals surface area contributed by atoms with Gasteiger partial charge in [0.25, 0.3) is 0 Å². The van der Waals surface area contributed by atoms with Crippen LogP contribution in [0.5, 0.6) is 23.3 Å². The highest BCUT2D eigenvalue weighted by atomic mass is 35.5. The van der Waals surface area contributed by atoms with Gasteiger partial charge in [0, 0.05) is 28.5 Å².